The highest BCUT2D eigenvalue weighted by atomic mass is 79.9. The van der Waals surface area contributed by atoms with Crippen molar-refractivity contribution in [1.29, 1.82) is 0 Å². The Morgan fingerprint density at radius 2 is 2.11 bits per heavy atom. The third-order valence-electron chi connectivity index (χ3n) is 2.78. The number of aromatic amines is 1. The van der Waals surface area contributed by atoms with Crippen LogP contribution in [0.5, 0.6) is 0 Å². The van der Waals surface area contributed by atoms with Crippen molar-refractivity contribution in [3.05, 3.63) is 58.7 Å². The van der Waals surface area contributed by atoms with E-state index in [4.69, 9.17) is 0 Å². The molecular formula is C14H10BrN3O. The van der Waals surface area contributed by atoms with Crippen molar-refractivity contribution in [1.82, 2.24) is 10.2 Å². The standard InChI is InChI=1S/C14H10BrN3O/c15-11-3-1-2-9(6-11)14(19)17-12-4-5-13-10(7-12)8-16-18-13/h1-8H,(H,16,18)(H,17,19). The molecule has 0 bridgehead atoms. The number of benzene rings is 2. The van der Waals surface area contributed by atoms with E-state index in [1.54, 1.807) is 18.3 Å². The number of H-pyrrole nitrogens is 1. The van der Waals surface area contributed by atoms with E-state index in [0.29, 0.717) is 5.56 Å². The second-order valence-corrected chi connectivity index (χ2v) is 5.05. The Morgan fingerprint density at radius 1 is 1.21 bits per heavy atom. The van der Waals surface area contributed by atoms with Crippen LogP contribution in [0.1, 0.15) is 10.4 Å². The minimum atomic E-state index is -0.135. The zero-order valence-corrected chi connectivity index (χ0v) is 11.4. The molecule has 0 aliphatic heterocycles. The van der Waals surface area contributed by atoms with Gasteiger partial charge in [-0.2, -0.15) is 5.10 Å². The first kappa shape index (κ1) is 11.9. The summed E-state index contributed by atoms with van der Waals surface area (Å²) in [6.07, 6.45) is 1.73. The topological polar surface area (TPSA) is 57.8 Å². The molecule has 0 unspecified atom stereocenters. The van der Waals surface area contributed by atoms with Gasteiger partial charge in [-0.15, -0.1) is 0 Å². The molecule has 4 nitrogen and oxygen atoms in total. The summed E-state index contributed by atoms with van der Waals surface area (Å²) < 4.78 is 0.880. The highest BCUT2D eigenvalue weighted by Crippen LogP contribution is 2.18. The monoisotopic (exact) mass is 315 g/mol. The van der Waals surface area contributed by atoms with Crippen molar-refractivity contribution in [2.45, 2.75) is 0 Å². The van der Waals surface area contributed by atoms with Gasteiger partial charge in [-0.3, -0.25) is 9.89 Å². The van der Waals surface area contributed by atoms with Crippen LogP contribution in [0.25, 0.3) is 10.9 Å². The zero-order valence-electron chi connectivity index (χ0n) is 9.85. The number of nitrogens with one attached hydrogen (secondary N) is 2. The van der Waals surface area contributed by atoms with Crippen LogP contribution in [0.3, 0.4) is 0 Å². The fourth-order valence-corrected chi connectivity index (χ4v) is 2.25. The summed E-state index contributed by atoms with van der Waals surface area (Å²) in [7, 11) is 0. The SMILES string of the molecule is O=C(Nc1ccc2[nH]ncc2c1)c1cccc(Br)c1. The highest BCUT2D eigenvalue weighted by molar-refractivity contribution is 9.10. The molecule has 5 heteroatoms. The van der Waals surface area contributed by atoms with Gasteiger partial charge in [0.05, 0.1) is 11.7 Å². The zero-order chi connectivity index (χ0) is 13.2. The van der Waals surface area contributed by atoms with Crippen molar-refractivity contribution >= 4 is 38.4 Å². The molecule has 1 heterocycles. The summed E-state index contributed by atoms with van der Waals surface area (Å²) in [6, 6.07) is 12.9. The largest absolute Gasteiger partial charge is 0.322 e. The Balaban J connectivity index is 1.86. The van der Waals surface area contributed by atoms with Crippen LogP contribution in [0.2, 0.25) is 0 Å². The fraction of sp³-hybridized carbons (Fsp3) is 0. The number of carbonyl (C=O) groups is 1. The third-order valence-corrected chi connectivity index (χ3v) is 3.28. The van der Waals surface area contributed by atoms with Crippen LogP contribution in [0.15, 0.2) is 53.1 Å². The first-order chi connectivity index (χ1) is 9.22. The van der Waals surface area contributed by atoms with E-state index in [2.05, 4.69) is 31.4 Å². The molecular weight excluding hydrogens is 306 g/mol. The minimum Gasteiger partial charge on any atom is -0.322 e. The van der Waals surface area contributed by atoms with Gasteiger partial charge in [0.15, 0.2) is 0 Å². The lowest BCUT2D eigenvalue weighted by molar-refractivity contribution is 0.102. The highest BCUT2D eigenvalue weighted by Gasteiger charge is 2.07. The molecule has 2 N–H and O–H groups in total. The summed E-state index contributed by atoms with van der Waals surface area (Å²) in [5.41, 5.74) is 2.31. The van der Waals surface area contributed by atoms with E-state index in [1.807, 2.05) is 30.3 Å². The van der Waals surface area contributed by atoms with Crippen molar-refractivity contribution < 1.29 is 4.79 Å². The van der Waals surface area contributed by atoms with Crippen molar-refractivity contribution in [2.24, 2.45) is 0 Å². The Hall–Kier alpha value is -2.14. The molecule has 0 aliphatic rings. The normalized spacial score (nSPS) is 10.6. The van der Waals surface area contributed by atoms with Gasteiger partial charge in [-0.05, 0) is 36.4 Å². The molecule has 0 aliphatic carbocycles. The lowest BCUT2D eigenvalue weighted by Crippen LogP contribution is -2.11. The number of hydrogen-bond acceptors (Lipinski definition) is 2. The molecule has 0 saturated heterocycles. The summed E-state index contributed by atoms with van der Waals surface area (Å²) in [4.78, 5) is 12.1. The van der Waals surface area contributed by atoms with Crippen LogP contribution in [0.4, 0.5) is 5.69 Å². The molecule has 3 rings (SSSR count). The van der Waals surface area contributed by atoms with Gasteiger partial charge in [-0.25, -0.2) is 0 Å². The molecule has 0 spiro atoms. The third kappa shape index (κ3) is 2.51. The average Bonchev–Trinajstić information content (AvgIpc) is 2.86. The lowest BCUT2D eigenvalue weighted by Gasteiger charge is -2.05. The number of fused-ring (bicyclic) bond motifs is 1. The van der Waals surface area contributed by atoms with Gasteiger partial charge >= 0.3 is 0 Å². The number of nitrogens with zero attached hydrogens (tertiary/aromatic N) is 1. The molecule has 2 aromatic carbocycles. The first-order valence-electron chi connectivity index (χ1n) is 5.72. The summed E-state index contributed by atoms with van der Waals surface area (Å²) in [6.45, 7) is 0. The van der Waals surface area contributed by atoms with Gasteiger partial charge in [-0.1, -0.05) is 22.0 Å². The van der Waals surface area contributed by atoms with Crippen LogP contribution in [0, 0.1) is 0 Å². The van der Waals surface area contributed by atoms with Crippen molar-refractivity contribution in [2.75, 3.05) is 5.32 Å². The van der Waals surface area contributed by atoms with Crippen molar-refractivity contribution in [3.8, 4) is 0 Å². The number of hydrogen-bond donors (Lipinski definition) is 2. The van der Waals surface area contributed by atoms with Crippen molar-refractivity contribution in [3.63, 3.8) is 0 Å². The molecule has 19 heavy (non-hydrogen) atoms. The summed E-state index contributed by atoms with van der Waals surface area (Å²) >= 11 is 3.35. The van der Waals surface area contributed by atoms with E-state index < -0.39 is 0 Å². The summed E-state index contributed by atoms with van der Waals surface area (Å²) in [5.74, 6) is -0.135. The number of amides is 1. The van der Waals surface area contributed by atoms with Gasteiger partial charge in [0, 0.05) is 21.1 Å². The Morgan fingerprint density at radius 3 is 2.95 bits per heavy atom. The average molecular weight is 316 g/mol. The van der Waals surface area contributed by atoms with E-state index in [-0.39, 0.29) is 5.91 Å². The second-order valence-electron chi connectivity index (χ2n) is 4.14. The predicted octanol–water partition coefficient (Wildman–Crippen LogP) is 3.58. The number of anilines is 1. The molecule has 0 atom stereocenters. The Kier molecular flexibility index (Phi) is 3.05. The van der Waals surface area contributed by atoms with Gasteiger partial charge < -0.3 is 5.32 Å². The molecule has 0 saturated carbocycles. The first-order valence-corrected chi connectivity index (χ1v) is 6.52. The fourth-order valence-electron chi connectivity index (χ4n) is 1.85. The van der Waals surface area contributed by atoms with Crippen LogP contribution in [-0.2, 0) is 0 Å². The minimum absolute atomic E-state index is 0.135. The molecule has 94 valence electrons. The van der Waals surface area contributed by atoms with Gasteiger partial charge in [0.1, 0.15) is 0 Å². The molecule has 1 amide bonds. The predicted molar refractivity (Wildman–Crippen MR) is 78.2 cm³/mol. The van der Waals surface area contributed by atoms with E-state index in [9.17, 15) is 4.79 Å². The molecule has 0 fully saturated rings. The molecule has 3 aromatic rings. The maximum absolute atomic E-state index is 12.1. The number of carbonyl (C=O) groups excluding carboxylic acids is 1. The number of rotatable bonds is 2. The lowest BCUT2D eigenvalue weighted by atomic mass is 10.2. The van der Waals surface area contributed by atoms with E-state index in [1.165, 1.54) is 0 Å². The van der Waals surface area contributed by atoms with Crippen LogP contribution < -0.4 is 5.32 Å². The Bertz CT molecular complexity index is 751. The summed E-state index contributed by atoms with van der Waals surface area (Å²) in [5, 5.41) is 10.6. The van der Waals surface area contributed by atoms with E-state index >= 15 is 0 Å². The van der Waals surface area contributed by atoms with Crippen LogP contribution in [-0.4, -0.2) is 16.1 Å². The molecule has 0 radical (unpaired) electrons. The van der Waals surface area contributed by atoms with Gasteiger partial charge in [0.2, 0.25) is 0 Å². The Labute approximate surface area is 118 Å². The quantitative estimate of drug-likeness (QED) is 0.759. The van der Waals surface area contributed by atoms with E-state index in [0.717, 1.165) is 21.1 Å². The second kappa shape index (κ2) is 4.85. The smallest absolute Gasteiger partial charge is 0.255 e. The van der Waals surface area contributed by atoms with Crippen LogP contribution >= 0.6 is 15.9 Å². The van der Waals surface area contributed by atoms with Gasteiger partial charge in [0.25, 0.3) is 5.91 Å². The number of halogens is 1. The maximum atomic E-state index is 12.1. The maximum Gasteiger partial charge on any atom is 0.255 e. The molecule has 1 aromatic heterocycles. The number of aromatic nitrogens is 2.